The number of para-hydroxylation sites is 1. The van der Waals surface area contributed by atoms with Gasteiger partial charge >= 0.3 is 0 Å². The maximum Gasteiger partial charge on any atom is 0.274 e. The zero-order valence-electron chi connectivity index (χ0n) is 14.3. The van der Waals surface area contributed by atoms with E-state index in [-0.39, 0.29) is 11.6 Å². The van der Waals surface area contributed by atoms with Gasteiger partial charge in [-0.2, -0.15) is 0 Å². The Hall–Kier alpha value is -3.12. The predicted octanol–water partition coefficient (Wildman–Crippen LogP) is 4.44. The summed E-state index contributed by atoms with van der Waals surface area (Å²) in [5.74, 6) is 1.27. The minimum absolute atomic E-state index is 0.245. The molecule has 0 spiro atoms. The molecule has 0 aliphatic carbocycles. The molecule has 0 radical (unpaired) electrons. The topological polar surface area (TPSA) is 76.1 Å². The number of aromatic nitrogens is 2. The van der Waals surface area contributed by atoms with Crippen molar-refractivity contribution >= 4 is 34.7 Å². The number of carbonyl (C=O) groups is 1. The van der Waals surface area contributed by atoms with Gasteiger partial charge in [-0.25, -0.2) is 9.97 Å². The van der Waals surface area contributed by atoms with E-state index in [1.807, 2.05) is 18.2 Å². The number of ether oxygens (including phenoxy) is 1. The van der Waals surface area contributed by atoms with Crippen molar-refractivity contribution in [1.82, 2.24) is 9.97 Å². The second-order valence-electron chi connectivity index (χ2n) is 5.48. The van der Waals surface area contributed by atoms with Crippen molar-refractivity contribution in [3.8, 4) is 5.75 Å². The molecule has 6 nitrogen and oxygen atoms in total. The molecule has 7 heteroatoms. The molecule has 3 aromatic rings. The van der Waals surface area contributed by atoms with Crippen molar-refractivity contribution in [2.24, 2.45) is 0 Å². The van der Waals surface area contributed by atoms with E-state index in [4.69, 9.17) is 16.3 Å². The number of hydrogen-bond donors (Lipinski definition) is 2. The Morgan fingerprint density at radius 3 is 2.65 bits per heavy atom. The third kappa shape index (κ3) is 4.29. The Kier molecular flexibility index (Phi) is 5.34. The summed E-state index contributed by atoms with van der Waals surface area (Å²) in [5.41, 5.74) is 1.56. The van der Waals surface area contributed by atoms with Gasteiger partial charge in [-0.3, -0.25) is 4.79 Å². The molecule has 0 saturated heterocycles. The van der Waals surface area contributed by atoms with Gasteiger partial charge in [0.2, 0.25) is 0 Å². The number of nitrogens with zero attached hydrogens (tertiary/aromatic N) is 2. The quantitative estimate of drug-likeness (QED) is 0.696. The van der Waals surface area contributed by atoms with E-state index in [0.29, 0.717) is 33.8 Å². The Morgan fingerprint density at radius 2 is 1.88 bits per heavy atom. The zero-order chi connectivity index (χ0) is 18.5. The van der Waals surface area contributed by atoms with Crippen LogP contribution in [-0.2, 0) is 0 Å². The second kappa shape index (κ2) is 7.84. The van der Waals surface area contributed by atoms with Crippen LogP contribution in [-0.4, -0.2) is 23.0 Å². The van der Waals surface area contributed by atoms with E-state index in [1.54, 1.807) is 50.4 Å². The summed E-state index contributed by atoms with van der Waals surface area (Å²) in [6.45, 7) is 1.72. The number of carbonyl (C=O) groups excluding carboxylic acids is 1. The molecule has 26 heavy (non-hydrogen) atoms. The Morgan fingerprint density at radius 1 is 1.08 bits per heavy atom. The Balaban J connectivity index is 1.82. The van der Waals surface area contributed by atoms with Crippen LogP contribution in [0.15, 0.2) is 54.6 Å². The number of halogens is 1. The highest BCUT2D eigenvalue weighted by atomic mass is 35.5. The Labute approximate surface area is 156 Å². The molecule has 1 aromatic heterocycles. The fourth-order valence-corrected chi connectivity index (χ4v) is 2.53. The first-order chi connectivity index (χ1) is 12.5. The summed E-state index contributed by atoms with van der Waals surface area (Å²) >= 11 is 6.16. The number of aryl methyl sites for hydroxylation is 1. The summed E-state index contributed by atoms with van der Waals surface area (Å²) < 4.78 is 5.16. The van der Waals surface area contributed by atoms with E-state index < -0.39 is 0 Å². The number of methoxy groups -OCH3 is 1. The molecular weight excluding hydrogens is 352 g/mol. The van der Waals surface area contributed by atoms with Gasteiger partial charge in [0.05, 0.1) is 17.8 Å². The molecule has 0 aliphatic rings. The number of hydrogen-bond acceptors (Lipinski definition) is 5. The molecule has 3 rings (SSSR count). The first-order valence-electron chi connectivity index (χ1n) is 7.88. The van der Waals surface area contributed by atoms with Crippen LogP contribution in [0.5, 0.6) is 5.75 Å². The maximum atomic E-state index is 12.5. The lowest BCUT2D eigenvalue weighted by molar-refractivity contribution is 0.102. The van der Waals surface area contributed by atoms with Crippen LogP contribution < -0.4 is 15.4 Å². The maximum absolute atomic E-state index is 12.5. The molecule has 0 aliphatic heterocycles. The molecule has 0 unspecified atom stereocenters. The molecule has 1 amide bonds. The molecule has 2 aromatic carbocycles. The van der Waals surface area contributed by atoms with Gasteiger partial charge in [0.15, 0.2) is 0 Å². The van der Waals surface area contributed by atoms with Gasteiger partial charge in [-0.1, -0.05) is 29.8 Å². The van der Waals surface area contributed by atoms with E-state index in [9.17, 15) is 4.79 Å². The van der Waals surface area contributed by atoms with Gasteiger partial charge < -0.3 is 15.4 Å². The lowest BCUT2D eigenvalue weighted by Gasteiger charge is -2.10. The van der Waals surface area contributed by atoms with Crippen molar-refractivity contribution in [3.05, 3.63) is 71.1 Å². The van der Waals surface area contributed by atoms with Crippen LogP contribution in [0.3, 0.4) is 0 Å². The van der Waals surface area contributed by atoms with Crippen molar-refractivity contribution in [3.63, 3.8) is 0 Å². The molecule has 0 fully saturated rings. The highest BCUT2D eigenvalue weighted by Gasteiger charge is 2.12. The first-order valence-corrected chi connectivity index (χ1v) is 8.25. The largest absolute Gasteiger partial charge is 0.497 e. The summed E-state index contributed by atoms with van der Waals surface area (Å²) in [7, 11) is 1.57. The third-order valence-electron chi connectivity index (χ3n) is 3.53. The minimum atomic E-state index is -0.342. The first kappa shape index (κ1) is 17.7. The van der Waals surface area contributed by atoms with Crippen molar-refractivity contribution in [2.75, 3.05) is 17.7 Å². The summed E-state index contributed by atoms with van der Waals surface area (Å²) in [4.78, 5) is 21.1. The fourth-order valence-electron chi connectivity index (χ4n) is 2.34. The van der Waals surface area contributed by atoms with Crippen LogP contribution in [0.2, 0.25) is 5.02 Å². The van der Waals surface area contributed by atoms with Crippen LogP contribution in [0.25, 0.3) is 0 Å². The number of anilines is 3. The average molecular weight is 369 g/mol. The third-order valence-corrected chi connectivity index (χ3v) is 3.86. The van der Waals surface area contributed by atoms with Crippen molar-refractivity contribution in [1.29, 1.82) is 0 Å². The predicted molar refractivity (Wildman–Crippen MR) is 102 cm³/mol. The lowest BCUT2D eigenvalue weighted by atomic mass is 10.2. The van der Waals surface area contributed by atoms with Gasteiger partial charge in [0.1, 0.15) is 23.1 Å². The van der Waals surface area contributed by atoms with Crippen LogP contribution >= 0.6 is 11.6 Å². The smallest absolute Gasteiger partial charge is 0.274 e. The molecule has 132 valence electrons. The number of rotatable bonds is 5. The van der Waals surface area contributed by atoms with Gasteiger partial charge in [-0.15, -0.1) is 0 Å². The molecule has 0 saturated carbocycles. The monoisotopic (exact) mass is 368 g/mol. The fraction of sp³-hybridized carbons (Fsp3) is 0.105. The normalized spacial score (nSPS) is 10.3. The van der Waals surface area contributed by atoms with E-state index >= 15 is 0 Å². The van der Waals surface area contributed by atoms with E-state index in [1.165, 1.54) is 0 Å². The van der Waals surface area contributed by atoms with Crippen LogP contribution in [0.4, 0.5) is 17.2 Å². The van der Waals surface area contributed by atoms with E-state index in [2.05, 4.69) is 20.6 Å². The molecule has 0 bridgehead atoms. The molecule has 1 heterocycles. The SMILES string of the molecule is COc1cccc(NC(=O)c2cc(Nc3ccccc3Cl)nc(C)n2)c1. The molecular formula is C19H17ClN4O2. The average Bonchev–Trinajstić information content (AvgIpc) is 2.63. The van der Waals surface area contributed by atoms with Crippen molar-refractivity contribution in [2.45, 2.75) is 6.92 Å². The number of amides is 1. The second-order valence-corrected chi connectivity index (χ2v) is 5.88. The van der Waals surface area contributed by atoms with Gasteiger partial charge in [0.25, 0.3) is 5.91 Å². The summed E-state index contributed by atoms with van der Waals surface area (Å²) in [5, 5.41) is 6.47. The standard InChI is InChI=1S/C19H17ClN4O2/c1-12-21-17(19(25)23-13-6-5-7-14(10-13)26-2)11-18(22-12)24-16-9-4-3-8-15(16)20/h3-11H,1-2H3,(H,23,25)(H,21,22,24). The molecule has 0 atom stereocenters. The zero-order valence-corrected chi connectivity index (χ0v) is 15.0. The van der Waals surface area contributed by atoms with Crippen LogP contribution in [0, 0.1) is 6.92 Å². The van der Waals surface area contributed by atoms with Gasteiger partial charge in [-0.05, 0) is 31.2 Å². The summed E-state index contributed by atoms with van der Waals surface area (Å²) in [6.07, 6.45) is 0. The number of nitrogens with one attached hydrogen (secondary N) is 2. The molecule has 2 N–H and O–H groups in total. The highest BCUT2D eigenvalue weighted by Crippen LogP contribution is 2.24. The number of benzene rings is 2. The van der Waals surface area contributed by atoms with E-state index in [0.717, 1.165) is 0 Å². The van der Waals surface area contributed by atoms with Crippen molar-refractivity contribution < 1.29 is 9.53 Å². The van der Waals surface area contributed by atoms with Gasteiger partial charge in [0, 0.05) is 17.8 Å². The Bertz CT molecular complexity index is 946. The minimum Gasteiger partial charge on any atom is -0.497 e. The highest BCUT2D eigenvalue weighted by molar-refractivity contribution is 6.33. The van der Waals surface area contributed by atoms with Crippen LogP contribution in [0.1, 0.15) is 16.3 Å². The summed E-state index contributed by atoms with van der Waals surface area (Å²) in [6, 6.07) is 16.0. The lowest BCUT2D eigenvalue weighted by Crippen LogP contribution is -2.15.